The highest BCUT2D eigenvalue weighted by Crippen LogP contribution is 2.24. The number of hydrogen-bond acceptors (Lipinski definition) is 4. The summed E-state index contributed by atoms with van der Waals surface area (Å²) < 4.78 is 4.99. The molecule has 1 heterocycles. The fourth-order valence-corrected chi connectivity index (χ4v) is 1.54. The maximum Gasteiger partial charge on any atom is 0.339 e. The van der Waals surface area contributed by atoms with Crippen LogP contribution in [-0.4, -0.2) is 23.2 Å². The van der Waals surface area contributed by atoms with Crippen molar-refractivity contribution in [2.45, 2.75) is 0 Å². The van der Waals surface area contributed by atoms with Crippen LogP contribution in [0.2, 0.25) is 0 Å². The number of ether oxygens (including phenoxy) is 1. The molecule has 2 aromatic rings. The fraction of sp³-hybridized carbons (Fsp3) is 0.0769. The van der Waals surface area contributed by atoms with Gasteiger partial charge in [-0.15, -0.1) is 0 Å². The first-order chi connectivity index (χ1) is 8.70. The Morgan fingerprint density at radius 3 is 2.78 bits per heavy atom. The maximum absolute atomic E-state index is 11.1. The number of benzene rings is 1. The lowest BCUT2D eigenvalue weighted by molar-refractivity contribution is 0.0693. The van der Waals surface area contributed by atoms with Crippen molar-refractivity contribution in [2.24, 2.45) is 0 Å². The smallest absolute Gasteiger partial charge is 0.339 e. The first-order valence-corrected chi connectivity index (χ1v) is 5.30. The van der Waals surface area contributed by atoms with E-state index in [9.17, 15) is 4.79 Å². The van der Waals surface area contributed by atoms with E-state index in [0.29, 0.717) is 17.3 Å². The maximum atomic E-state index is 11.1. The van der Waals surface area contributed by atoms with Crippen molar-refractivity contribution in [1.29, 1.82) is 0 Å². The van der Waals surface area contributed by atoms with Gasteiger partial charge in [-0.25, -0.2) is 9.78 Å². The number of hydrogen-bond donors (Lipinski definition) is 2. The molecule has 0 unspecified atom stereocenters. The largest absolute Gasteiger partial charge is 0.496 e. The Morgan fingerprint density at radius 1 is 1.33 bits per heavy atom. The molecule has 0 amide bonds. The summed E-state index contributed by atoms with van der Waals surface area (Å²) in [4.78, 5) is 15.2. The zero-order valence-corrected chi connectivity index (χ0v) is 9.75. The van der Waals surface area contributed by atoms with Crippen molar-refractivity contribution < 1.29 is 14.6 Å². The van der Waals surface area contributed by atoms with E-state index in [1.807, 2.05) is 12.1 Å². The third-order valence-electron chi connectivity index (χ3n) is 2.37. The van der Waals surface area contributed by atoms with E-state index in [4.69, 9.17) is 9.84 Å². The monoisotopic (exact) mass is 244 g/mol. The fourth-order valence-electron chi connectivity index (χ4n) is 1.54. The molecule has 5 nitrogen and oxygen atoms in total. The molecular formula is C13H12N2O3. The average molecular weight is 244 g/mol. The van der Waals surface area contributed by atoms with Crippen LogP contribution in [0.4, 0.5) is 11.5 Å². The van der Waals surface area contributed by atoms with Crippen LogP contribution in [0.1, 0.15) is 10.4 Å². The number of carboxylic acid groups (broad SMARTS) is 1. The van der Waals surface area contributed by atoms with Crippen LogP contribution >= 0.6 is 0 Å². The summed E-state index contributed by atoms with van der Waals surface area (Å²) in [5.41, 5.74) is 0.755. The van der Waals surface area contributed by atoms with Crippen LogP contribution < -0.4 is 10.1 Å². The van der Waals surface area contributed by atoms with Gasteiger partial charge in [0.15, 0.2) is 0 Å². The van der Waals surface area contributed by atoms with Crippen LogP contribution in [0.5, 0.6) is 5.75 Å². The van der Waals surface area contributed by atoms with Gasteiger partial charge in [0.05, 0.1) is 7.11 Å². The number of rotatable bonds is 4. The Kier molecular flexibility index (Phi) is 3.43. The normalized spacial score (nSPS) is 9.83. The van der Waals surface area contributed by atoms with Crippen molar-refractivity contribution in [2.75, 3.05) is 12.4 Å². The van der Waals surface area contributed by atoms with Crippen LogP contribution in [0.3, 0.4) is 0 Å². The van der Waals surface area contributed by atoms with Crippen molar-refractivity contribution in [1.82, 2.24) is 4.98 Å². The average Bonchev–Trinajstić information content (AvgIpc) is 2.40. The number of carbonyl (C=O) groups is 1. The number of anilines is 2. The van der Waals surface area contributed by atoms with Gasteiger partial charge in [-0.3, -0.25) is 0 Å². The Balaban J connectivity index is 2.30. The highest BCUT2D eigenvalue weighted by Gasteiger charge is 2.11. The lowest BCUT2D eigenvalue weighted by atomic mass is 10.1. The standard InChI is InChI=1S/C13H12N2O3/c1-18-11-6-5-9(8-10(11)13(16)17)15-12-4-2-3-7-14-12/h2-8H,1H3,(H,14,15)(H,16,17). The first kappa shape index (κ1) is 11.9. The number of nitrogens with zero attached hydrogens (tertiary/aromatic N) is 1. The molecule has 0 bridgehead atoms. The molecule has 0 saturated carbocycles. The number of carboxylic acids is 1. The van der Waals surface area contributed by atoms with Gasteiger partial charge in [0.25, 0.3) is 0 Å². The van der Waals surface area contributed by atoms with Crippen molar-refractivity contribution in [3.8, 4) is 5.75 Å². The highest BCUT2D eigenvalue weighted by atomic mass is 16.5. The van der Waals surface area contributed by atoms with Gasteiger partial charge in [-0.2, -0.15) is 0 Å². The third kappa shape index (κ3) is 2.57. The van der Waals surface area contributed by atoms with Gasteiger partial charge in [0.2, 0.25) is 0 Å². The molecule has 2 rings (SSSR count). The van der Waals surface area contributed by atoms with Gasteiger partial charge >= 0.3 is 5.97 Å². The van der Waals surface area contributed by atoms with Gasteiger partial charge in [-0.05, 0) is 30.3 Å². The molecule has 92 valence electrons. The molecule has 1 aromatic carbocycles. The molecule has 0 saturated heterocycles. The Labute approximate surface area is 104 Å². The molecule has 0 radical (unpaired) electrons. The second-order valence-electron chi connectivity index (χ2n) is 3.56. The molecule has 0 aliphatic rings. The zero-order valence-electron chi connectivity index (χ0n) is 9.75. The minimum Gasteiger partial charge on any atom is -0.496 e. The van der Waals surface area contributed by atoms with E-state index in [0.717, 1.165) is 0 Å². The summed E-state index contributed by atoms with van der Waals surface area (Å²) in [6.45, 7) is 0. The minimum absolute atomic E-state index is 0.110. The predicted octanol–water partition coefficient (Wildman–Crippen LogP) is 2.53. The third-order valence-corrected chi connectivity index (χ3v) is 2.37. The summed E-state index contributed by atoms with van der Waals surface area (Å²) in [7, 11) is 1.44. The first-order valence-electron chi connectivity index (χ1n) is 5.30. The number of aromatic nitrogens is 1. The molecule has 0 atom stereocenters. The van der Waals surface area contributed by atoms with Gasteiger partial charge in [0, 0.05) is 11.9 Å². The molecule has 0 fully saturated rings. The molecule has 0 spiro atoms. The summed E-state index contributed by atoms with van der Waals surface area (Å²) in [5, 5.41) is 12.1. The minimum atomic E-state index is -1.03. The molecule has 5 heteroatoms. The molecule has 0 aliphatic carbocycles. The van der Waals surface area contributed by atoms with Crippen molar-refractivity contribution in [3.05, 3.63) is 48.2 Å². The van der Waals surface area contributed by atoms with E-state index in [1.54, 1.807) is 24.4 Å². The van der Waals surface area contributed by atoms with Gasteiger partial charge < -0.3 is 15.2 Å². The molecule has 0 aliphatic heterocycles. The summed E-state index contributed by atoms with van der Waals surface area (Å²) >= 11 is 0. The highest BCUT2D eigenvalue weighted by molar-refractivity contribution is 5.92. The number of pyridine rings is 1. The molecule has 18 heavy (non-hydrogen) atoms. The SMILES string of the molecule is COc1ccc(Nc2ccccn2)cc1C(=O)O. The Hall–Kier alpha value is -2.56. The zero-order chi connectivity index (χ0) is 13.0. The lowest BCUT2D eigenvalue weighted by Gasteiger charge is -2.09. The van der Waals surface area contributed by atoms with Crippen LogP contribution in [0, 0.1) is 0 Å². The number of methoxy groups -OCH3 is 1. The van der Waals surface area contributed by atoms with Crippen LogP contribution in [0.15, 0.2) is 42.6 Å². The molecule has 1 aromatic heterocycles. The Morgan fingerprint density at radius 2 is 2.17 bits per heavy atom. The number of aromatic carboxylic acids is 1. The van der Waals surface area contributed by atoms with E-state index < -0.39 is 5.97 Å². The van der Waals surface area contributed by atoms with E-state index in [1.165, 1.54) is 13.2 Å². The van der Waals surface area contributed by atoms with Gasteiger partial charge in [0.1, 0.15) is 17.1 Å². The topological polar surface area (TPSA) is 71.5 Å². The van der Waals surface area contributed by atoms with Crippen LogP contribution in [-0.2, 0) is 0 Å². The predicted molar refractivity (Wildman–Crippen MR) is 67.5 cm³/mol. The van der Waals surface area contributed by atoms with Crippen molar-refractivity contribution in [3.63, 3.8) is 0 Å². The summed E-state index contributed by atoms with van der Waals surface area (Å²) in [6.07, 6.45) is 1.66. The van der Waals surface area contributed by atoms with Crippen LogP contribution in [0.25, 0.3) is 0 Å². The summed E-state index contributed by atoms with van der Waals surface area (Å²) in [5.74, 6) is -0.0513. The van der Waals surface area contributed by atoms with Crippen molar-refractivity contribution >= 4 is 17.5 Å². The second-order valence-corrected chi connectivity index (χ2v) is 3.56. The Bertz CT molecular complexity index is 555. The lowest BCUT2D eigenvalue weighted by Crippen LogP contribution is -2.02. The second kappa shape index (κ2) is 5.18. The van der Waals surface area contributed by atoms with Gasteiger partial charge in [-0.1, -0.05) is 6.07 Å². The number of nitrogens with one attached hydrogen (secondary N) is 1. The summed E-state index contributed by atoms with van der Waals surface area (Å²) in [6, 6.07) is 10.3. The quantitative estimate of drug-likeness (QED) is 0.864. The van der Waals surface area contributed by atoms with E-state index in [2.05, 4.69) is 10.3 Å². The van der Waals surface area contributed by atoms with E-state index in [-0.39, 0.29) is 5.56 Å². The molecule has 2 N–H and O–H groups in total. The van der Waals surface area contributed by atoms with E-state index >= 15 is 0 Å². The molecular weight excluding hydrogens is 232 g/mol.